The molecule has 1 aliphatic rings. The van der Waals surface area contributed by atoms with E-state index in [9.17, 15) is 10.2 Å². The Balaban J connectivity index is 1.30. The van der Waals surface area contributed by atoms with E-state index in [1.165, 1.54) is 0 Å². The summed E-state index contributed by atoms with van der Waals surface area (Å²) >= 11 is 0. The third-order valence-electron chi connectivity index (χ3n) is 6.56. The van der Waals surface area contributed by atoms with Gasteiger partial charge >= 0.3 is 0 Å². The van der Waals surface area contributed by atoms with Gasteiger partial charge in [0.15, 0.2) is 0 Å². The molecule has 7 nitrogen and oxygen atoms in total. The van der Waals surface area contributed by atoms with E-state index < -0.39 is 6.10 Å². The van der Waals surface area contributed by atoms with Crippen LogP contribution >= 0.6 is 0 Å². The molecule has 1 heterocycles. The molecule has 4 N–H and O–H groups in total. The highest BCUT2D eigenvalue weighted by atomic mass is 16.5. The molecule has 1 unspecified atom stereocenters. The van der Waals surface area contributed by atoms with E-state index in [1.54, 1.807) is 18.3 Å². The summed E-state index contributed by atoms with van der Waals surface area (Å²) in [5, 5.41) is 33.8. The number of phenolic OH excluding ortho intramolecular Hbond substituents is 1. The van der Waals surface area contributed by atoms with Crippen LogP contribution < -0.4 is 5.73 Å². The van der Waals surface area contributed by atoms with Gasteiger partial charge in [0.25, 0.3) is 0 Å². The molecule has 1 aliphatic heterocycles. The molecule has 0 amide bonds. The Bertz CT molecular complexity index is 1430. The molecule has 0 bridgehead atoms. The second-order valence-electron chi connectivity index (χ2n) is 9.07. The molecule has 1 fully saturated rings. The van der Waals surface area contributed by atoms with Crippen LogP contribution in [0.2, 0.25) is 0 Å². The molecule has 184 valence electrons. The maximum atomic E-state index is 11.0. The maximum Gasteiger partial charge on any atom is 0.125 e. The van der Waals surface area contributed by atoms with Crippen LogP contribution in [0.15, 0.2) is 83.0 Å². The van der Waals surface area contributed by atoms with E-state index in [2.05, 4.69) is 27.2 Å². The lowest BCUT2D eigenvalue weighted by molar-refractivity contribution is 0.0339. The number of aliphatic hydroxyl groups excluding tert-OH is 1. The third-order valence-corrected chi connectivity index (χ3v) is 6.56. The molecule has 4 aromatic rings. The predicted molar refractivity (Wildman–Crippen MR) is 144 cm³/mol. The second-order valence-corrected chi connectivity index (χ2v) is 9.07. The van der Waals surface area contributed by atoms with E-state index in [-0.39, 0.29) is 18.0 Å². The van der Waals surface area contributed by atoms with Gasteiger partial charge < -0.3 is 20.7 Å². The summed E-state index contributed by atoms with van der Waals surface area (Å²) < 4.78 is 5.39. The van der Waals surface area contributed by atoms with Crippen molar-refractivity contribution < 1.29 is 14.9 Å². The molecule has 5 rings (SSSR count). The molecule has 0 aromatic heterocycles. The maximum absolute atomic E-state index is 11.0. The Labute approximate surface area is 210 Å². The highest BCUT2D eigenvalue weighted by molar-refractivity contribution is 6.09. The summed E-state index contributed by atoms with van der Waals surface area (Å²) in [5.74, 6) is 0.496. The summed E-state index contributed by atoms with van der Waals surface area (Å²) in [5.41, 5.74) is 8.59. The van der Waals surface area contributed by atoms with Crippen LogP contribution in [0.3, 0.4) is 0 Å². The zero-order valence-corrected chi connectivity index (χ0v) is 20.0. The zero-order chi connectivity index (χ0) is 24.9. The minimum Gasteiger partial charge on any atom is -0.508 e. The van der Waals surface area contributed by atoms with Gasteiger partial charge in [0.2, 0.25) is 0 Å². The van der Waals surface area contributed by atoms with Crippen LogP contribution in [0.1, 0.15) is 29.2 Å². The molecule has 7 heteroatoms. The van der Waals surface area contributed by atoms with E-state index in [4.69, 9.17) is 10.5 Å². The van der Waals surface area contributed by atoms with Gasteiger partial charge in [0.05, 0.1) is 25.5 Å². The van der Waals surface area contributed by atoms with Crippen LogP contribution in [0.5, 0.6) is 5.75 Å². The number of phenols is 1. The number of benzene rings is 4. The lowest BCUT2D eigenvalue weighted by atomic mass is 9.93. The van der Waals surface area contributed by atoms with Gasteiger partial charge in [-0.05, 0) is 56.9 Å². The number of hydrogen-bond acceptors (Lipinski definition) is 6. The third kappa shape index (κ3) is 5.39. The standard InChI is InChI=1S/C29H30N4O3/c30-29(32-31-18-20-9-10-27(34)22(15-20)19-33-11-13-36-14-12-33)17-28(35)26-16-21-5-1-2-6-23(21)24-7-3-4-8-25(24)26/h1-10,15-16,18,28,34-35H,11-14,17,19H2,(H2,30,32)/b31-18+. The summed E-state index contributed by atoms with van der Waals surface area (Å²) in [7, 11) is 0. The lowest BCUT2D eigenvalue weighted by Crippen LogP contribution is -2.35. The van der Waals surface area contributed by atoms with Crippen molar-refractivity contribution in [2.45, 2.75) is 19.1 Å². The fraction of sp³-hybridized carbons (Fsp3) is 0.241. The van der Waals surface area contributed by atoms with Gasteiger partial charge in [0, 0.05) is 31.6 Å². The van der Waals surface area contributed by atoms with E-state index in [0.717, 1.165) is 51.3 Å². The van der Waals surface area contributed by atoms with E-state index >= 15 is 0 Å². The van der Waals surface area contributed by atoms with Crippen LogP contribution in [-0.2, 0) is 11.3 Å². The first-order chi connectivity index (χ1) is 17.6. The zero-order valence-electron chi connectivity index (χ0n) is 20.0. The van der Waals surface area contributed by atoms with Gasteiger partial charge in [-0.15, -0.1) is 5.10 Å². The fourth-order valence-electron chi connectivity index (χ4n) is 4.69. The topological polar surface area (TPSA) is 104 Å². The quantitative estimate of drug-likeness (QED) is 0.157. The van der Waals surface area contributed by atoms with Gasteiger partial charge in [-0.2, -0.15) is 5.10 Å². The van der Waals surface area contributed by atoms with Gasteiger partial charge in [-0.1, -0.05) is 48.5 Å². The minimum atomic E-state index is -0.813. The number of nitrogens with zero attached hydrogens (tertiary/aromatic N) is 3. The molecule has 1 saturated heterocycles. The number of hydrogen-bond donors (Lipinski definition) is 3. The summed E-state index contributed by atoms with van der Waals surface area (Å²) in [4.78, 5) is 2.24. The first-order valence-electron chi connectivity index (χ1n) is 12.1. The first kappa shape index (κ1) is 23.9. The first-order valence-corrected chi connectivity index (χ1v) is 12.1. The summed E-state index contributed by atoms with van der Waals surface area (Å²) in [6, 6.07) is 23.6. The summed E-state index contributed by atoms with van der Waals surface area (Å²) in [6.07, 6.45) is 0.956. The van der Waals surface area contributed by atoms with Crippen molar-refractivity contribution in [1.29, 1.82) is 0 Å². The Morgan fingerprint density at radius 1 is 0.972 bits per heavy atom. The molecule has 0 radical (unpaired) electrons. The molecule has 1 atom stereocenters. The van der Waals surface area contributed by atoms with Crippen molar-refractivity contribution in [1.82, 2.24) is 4.90 Å². The monoisotopic (exact) mass is 482 g/mol. The Morgan fingerprint density at radius 2 is 1.69 bits per heavy atom. The molecule has 0 spiro atoms. The molecular weight excluding hydrogens is 452 g/mol. The number of nitrogens with two attached hydrogens (primary N) is 1. The minimum absolute atomic E-state index is 0.164. The Kier molecular flexibility index (Phi) is 7.23. The number of fused-ring (bicyclic) bond motifs is 3. The number of morpholine rings is 1. The Morgan fingerprint density at radius 3 is 2.50 bits per heavy atom. The Hall–Kier alpha value is -3.78. The molecular formula is C29H30N4O3. The highest BCUT2D eigenvalue weighted by Gasteiger charge is 2.16. The van der Waals surface area contributed by atoms with Crippen LogP contribution in [-0.4, -0.2) is 53.5 Å². The average Bonchev–Trinajstić information content (AvgIpc) is 2.90. The molecule has 36 heavy (non-hydrogen) atoms. The van der Waals surface area contributed by atoms with Crippen molar-refractivity contribution in [3.05, 3.63) is 89.5 Å². The van der Waals surface area contributed by atoms with Crippen LogP contribution in [0.4, 0.5) is 0 Å². The van der Waals surface area contributed by atoms with Gasteiger partial charge in [-0.25, -0.2) is 0 Å². The average molecular weight is 483 g/mol. The number of aliphatic hydroxyl groups is 1. The van der Waals surface area contributed by atoms with Crippen molar-refractivity contribution >= 4 is 33.6 Å². The van der Waals surface area contributed by atoms with Crippen LogP contribution in [0.25, 0.3) is 21.5 Å². The van der Waals surface area contributed by atoms with E-state index in [1.807, 2.05) is 48.5 Å². The van der Waals surface area contributed by atoms with Crippen molar-refractivity contribution in [2.75, 3.05) is 26.3 Å². The summed E-state index contributed by atoms with van der Waals surface area (Å²) in [6.45, 7) is 3.74. The number of aromatic hydroxyl groups is 1. The largest absolute Gasteiger partial charge is 0.508 e. The smallest absolute Gasteiger partial charge is 0.125 e. The number of ether oxygens (including phenoxy) is 1. The van der Waals surface area contributed by atoms with Crippen molar-refractivity contribution in [3.8, 4) is 5.75 Å². The lowest BCUT2D eigenvalue weighted by Gasteiger charge is -2.26. The van der Waals surface area contributed by atoms with Crippen molar-refractivity contribution in [2.24, 2.45) is 15.9 Å². The molecule has 4 aromatic carbocycles. The van der Waals surface area contributed by atoms with Crippen molar-refractivity contribution in [3.63, 3.8) is 0 Å². The number of amidine groups is 1. The normalized spacial score (nSPS) is 16.2. The van der Waals surface area contributed by atoms with E-state index in [0.29, 0.717) is 19.8 Å². The van der Waals surface area contributed by atoms with Gasteiger partial charge in [0.1, 0.15) is 11.6 Å². The van der Waals surface area contributed by atoms with Crippen LogP contribution in [0, 0.1) is 0 Å². The SMILES string of the molecule is N/C(CC(O)c1cc2ccccc2c2ccccc12)=N\N=C\c1ccc(O)c(CN2CCOCC2)c1. The molecule has 0 saturated carbocycles. The number of rotatable bonds is 7. The second kappa shape index (κ2) is 10.9. The van der Waals surface area contributed by atoms with Gasteiger partial charge in [-0.3, -0.25) is 4.90 Å². The highest BCUT2D eigenvalue weighted by Crippen LogP contribution is 2.33. The predicted octanol–water partition coefficient (Wildman–Crippen LogP) is 4.35. The molecule has 0 aliphatic carbocycles. The fourth-order valence-corrected chi connectivity index (χ4v) is 4.69.